The molecule has 0 N–H and O–H groups in total. The van der Waals surface area contributed by atoms with E-state index in [4.69, 9.17) is 0 Å². The van der Waals surface area contributed by atoms with E-state index in [0.717, 1.165) is 22.7 Å². The van der Waals surface area contributed by atoms with Crippen LogP contribution in [-0.2, 0) is 19.6 Å². The van der Waals surface area contributed by atoms with Crippen LogP contribution in [0.3, 0.4) is 0 Å². The topological polar surface area (TPSA) is 149 Å². The van der Waals surface area contributed by atoms with Gasteiger partial charge in [0.05, 0.1) is 19.5 Å². The van der Waals surface area contributed by atoms with Crippen molar-refractivity contribution >= 4 is 73.2 Å². The predicted octanol–water partition coefficient (Wildman–Crippen LogP) is 2.97. The van der Waals surface area contributed by atoms with Crippen LogP contribution >= 0.6 is 22.6 Å². The Hall–Kier alpha value is -3.24. The molecule has 0 atom stereocenters. The third-order valence-corrected chi connectivity index (χ3v) is 8.68. The Morgan fingerprint density at radius 1 is 0.923 bits per heavy atom. The van der Waals surface area contributed by atoms with Crippen molar-refractivity contribution in [3.8, 4) is 11.3 Å². The standard InChI is InChI=1S/C25H28IN5O7S/c1-13(32)29-20(16-9-11-17(12-10-16)39(37,38)28(7)8)19(26)18-21(29)27-24(30(14(2)33)22(18)35)31(15(3)34)23(36)25(4,5)6/h9-12H,1-8H3. The van der Waals surface area contributed by atoms with Crippen molar-refractivity contribution < 1.29 is 27.6 Å². The fraction of sp³-hybridized carbons (Fsp3) is 0.360. The number of rotatable bonds is 4. The molecule has 0 radical (unpaired) electrons. The summed E-state index contributed by atoms with van der Waals surface area (Å²) in [5.41, 5.74) is -1.46. The minimum atomic E-state index is -3.72. The zero-order chi connectivity index (χ0) is 29.8. The third kappa shape index (κ3) is 5.19. The molecule has 3 rings (SSSR count). The maximum atomic E-state index is 13.7. The summed E-state index contributed by atoms with van der Waals surface area (Å²) < 4.78 is 28.1. The summed E-state index contributed by atoms with van der Waals surface area (Å²) in [4.78, 5) is 70.2. The highest BCUT2D eigenvalue weighted by Crippen LogP contribution is 2.35. The molecule has 0 aliphatic carbocycles. The maximum Gasteiger partial charge on any atom is 0.272 e. The second-order valence-corrected chi connectivity index (χ2v) is 13.2. The summed E-state index contributed by atoms with van der Waals surface area (Å²) >= 11 is 1.85. The highest BCUT2D eigenvalue weighted by molar-refractivity contribution is 14.1. The molecule has 2 aromatic heterocycles. The van der Waals surface area contributed by atoms with Gasteiger partial charge in [-0.2, -0.15) is 4.98 Å². The molecule has 0 saturated carbocycles. The van der Waals surface area contributed by atoms with Crippen LogP contribution in [0.2, 0.25) is 0 Å². The molecule has 0 aliphatic rings. The van der Waals surface area contributed by atoms with Gasteiger partial charge < -0.3 is 0 Å². The number of carbonyl (C=O) groups is 4. The van der Waals surface area contributed by atoms with E-state index in [2.05, 4.69) is 4.98 Å². The molecule has 0 bridgehead atoms. The number of nitrogens with zero attached hydrogens (tertiary/aromatic N) is 5. The van der Waals surface area contributed by atoms with Gasteiger partial charge in [0.1, 0.15) is 0 Å². The molecule has 14 heteroatoms. The summed E-state index contributed by atoms with van der Waals surface area (Å²) in [5.74, 6) is -3.33. The number of anilines is 1. The number of aromatic nitrogens is 3. The lowest BCUT2D eigenvalue weighted by Gasteiger charge is -2.27. The highest BCUT2D eigenvalue weighted by Gasteiger charge is 2.36. The van der Waals surface area contributed by atoms with Crippen molar-refractivity contribution in [2.24, 2.45) is 5.41 Å². The normalized spacial score (nSPS) is 12.2. The molecule has 208 valence electrons. The fourth-order valence-corrected chi connectivity index (χ4v) is 5.80. The molecule has 39 heavy (non-hydrogen) atoms. The molecule has 12 nitrogen and oxygen atoms in total. The number of amides is 2. The quantitative estimate of drug-likeness (QED) is 0.385. The minimum absolute atomic E-state index is 0.0221. The van der Waals surface area contributed by atoms with Crippen molar-refractivity contribution in [1.29, 1.82) is 0 Å². The largest absolute Gasteiger partial charge is 0.274 e. The van der Waals surface area contributed by atoms with Gasteiger partial charge in [-0.1, -0.05) is 32.9 Å². The number of imide groups is 1. The molecule has 0 aliphatic heterocycles. The summed E-state index contributed by atoms with van der Waals surface area (Å²) in [6, 6.07) is 5.72. The molecule has 0 unspecified atom stereocenters. The maximum absolute atomic E-state index is 13.7. The van der Waals surface area contributed by atoms with Crippen LogP contribution in [0.1, 0.15) is 51.1 Å². The molecular weight excluding hydrogens is 641 g/mol. The molecule has 0 saturated heterocycles. The zero-order valence-electron chi connectivity index (χ0n) is 22.7. The number of halogens is 1. The summed E-state index contributed by atoms with van der Waals surface area (Å²) in [7, 11) is -0.916. The Morgan fingerprint density at radius 3 is 1.85 bits per heavy atom. The number of fused-ring (bicyclic) bond motifs is 1. The van der Waals surface area contributed by atoms with Gasteiger partial charge in [0, 0.05) is 40.3 Å². The Labute approximate surface area is 238 Å². The van der Waals surface area contributed by atoms with E-state index in [-0.39, 0.29) is 25.2 Å². The van der Waals surface area contributed by atoms with Crippen molar-refractivity contribution in [2.75, 3.05) is 19.0 Å². The molecule has 2 amide bonds. The third-order valence-electron chi connectivity index (χ3n) is 5.80. The Kier molecular flexibility index (Phi) is 8.07. The van der Waals surface area contributed by atoms with Crippen molar-refractivity contribution in [2.45, 2.75) is 46.4 Å². The molecular formula is C25H28IN5O7S. The predicted molar refractivity (Wildman–Crippen MR) is 153 cm³/mol. The second-order valence-electron chi connectivity index (χ2n) is 10.0. The van der Waals surface area contributed by atoms with Gasteiger partial charge in [0.25, 0.3) is 5.56 Å². The van der Waals surface area contributed by atoms with Crippen molar-refractivity contribution in [3.05, 3.63) is 38.2 Å². The monoisotopic (exact) mass is 669 g/mol. The molecule has 2 heterocycles. The van der Waals surface area contributed by atoms with Gasteiger partial charge >= 0.3 is 0 Å². The first-order valence-electron chi connectivity index (χ1n) is 11.6. The first-order valence-corrected chi connectivity index (χ1v) is 14.1. The minimum Gasteiger partial charge on any atom is -0.274 e. The Morgan fingerprint density at radius 2 is 1.44 bits per heavy atom. The zero-order valence-corrected chi connectivity index (χ0v) is 25.7. The van der Waals surface area contributed by atoms with E-state index in [0.29, 0.717) is 15.0 Å². The highest BCUT2D eigenvalue weighted by atomic mass is 127. The van der Waals surface area contributed by atoms with E-state index in [1.54, 1.807) is 20.8 Å². The lowest BCUT2D eigenvalue weighted by Crippen LogP contribution is -2.46. The van der Waals surface area contributed by atoms with Crippen molar-refractivity contribution in [1.82, 2.24) is 18.4 Å². The lowest BCUT2D eigenvalue weighted by molar-refractivity contribution is -0.130. The SMILES string of the molecule is CC(=O)N(C(=O)C(C)(C)C)c1nc2c(c(I)c(-c3ccc(S(=O)(=O)N(C)C)cc3)n2C(C)=O)c(=O)n1C(C)=O. The Balaban J connectivity index is 2.48. The number of benzene rings is 1. The van der Waals surface area contributed by atoms with Gasteiger partial charge in [-0.15, -0.1) is 0 Å². The molecule has 0 spiro atoms. The number of carbonyl (C=O) groups excluding carboxylic acids is 4. The van der Waals surface area contributed by atoms with Gasteiger partial charge in [-0.3, -0.25) is 28.5 Å². The number of sulfonamides is 1. The average Bonchev–Trinajstić information content (AvgIpc) is 3.10. The average molecular weight is 669 g/mol. The van der Waals surface area contributed by atoms with Gasteiger partial charge in [-0.25, -0.2) is 22.2 Å². The van der Waals surface area contributed by atoms with Gasteiger partial charge in [-0.05, 0) is 40.3 Å². The number of hydrogen-bond acceptors (Lipinski definition) is 8. The van der Waals surface area contributed by atoms with Crippen LogP contribution in [0.5, 0.6) is 0 Å². The summed E-state index contributed by atoms with van der Waals surface area (Å²) in [5, 5.41) is -0.0727. The van der Waals surface area contributed by atoms with Crippen LogP contribution in [0.15, 0.2) is 34.0 Å². The van der Waals surface area contributed by atoms with E-state index < -0.39 is 50.6 Å². The first-order chi connectivity index (χ1) is 17.8. The van der Waals surface area contributed by atoms with Crippen LogP contribution in [0.4, 0.5) is 5.95 Å². The van der Waals surface area contributed by atoms with Gasteiger partial charge in [0.2, 0.25) is 39.6 Å². The van der Waals surface area contributed by atoms with E-state index in [9.17, 15) is 32.4 Å². The molecule has 3 aromatic rings. The fourth-order valence-electron chi connectivity index (χ4n) is 3.88. The lowest BCUT2D eigenvalue weighted by atomic mass is 9.95. The first kappa shape index (κ1) is 30.3. The molecule has 0 fully saturated rings. The van der Waals surface area contributed by atoms with E-state index in [1.807, 2.05) is 22.6 Å². The van der Waals surface area contributed by atoms with Crippen LogP contribution in [0.25, 0.3) is 22.3 Å². The summed E-state index contributed by atoms with van der Waals surface area (Å²) in [6.45, 7) is 8.15. The summed E-state index contributed by atoms with van der Waals surface area (Å²) in [6.07, 6.45) is 0. The molecule has 1 aromatic carbocycles. The second kappa shape index (κ2) is 10.4. The van der Waals surface area contributed by atoms with Crippen LogP contribution in [-0.4, -0.2) is 64.6 Å². The van der Waals surface area contributed by atoms with Crippen molar-refractivity contribution in [3.63, 3.8) is 0 Å². The van der Waals surface area contributed by atoms with Gasteiger partial charge in [0.15, 0.2) is 5.65 Å². The van der Waals surface area contributed by atoms with Crippen LogP contribution < -0.4 is 10.5 Å². The van der Waals surface area contributed by atoms with E-state index in [1.165, 1.54) is 45.3 Å². The smallest absolute Gasteiger partial charge is 0.272 e. The van der Waals surface area contributed by atoms with Crippen LogP contribution in [0, 0.1) is 8.99 Å². The van der Waals surface area contributed by atoms with E-state index >= 15 is 0 Å². The number of hydrogen-bond donors (Lipinski definition) is 0. The Bertz CT molecular complexity index is 1710.